The number of hydrogen-bond donors (Lipinski definition) is 2. The number of hydrogen-bond acceptors (Lipinski definition) is 5. The Bertz CT molecular complexity index is 496. The fourth-order valence-electron chi connectivity index (χ4n) is 1.50. The first-order chi connectivity index (χ1) is 8.15. The van der Waals surface area contributed by atoms with Gasteiger partial charge in [0.15, 0.2) is 0 Å². The second kappa shape index (κ2) is 4.78. The van der Waals surface area contributed by atoms with E-state index in [1.165, 1.54) is 0 Å². The molecule has 0 bridgehead atoms. The quantitative estimate of drug-likeness (QED) is 0.841. The van der Waals surface area contributed by atoms with E-state index < -0.39 is 0 Å². The molecule has 5 heteroatoms. The Morgan fingerprint density at radius 1 is 1.29 bits per heavy atom. The van der Waals surface area contributed by atoms with Crippen LogP contribution in [0.15, 0.2) is 30.6 Å². The number of aromatic nitrogens is 3. The van der Waals surface area contributed by atoms with Crippen LogP contribution >= 0.6 is 0 Å². The minimum absolute atomic E-state index is 0.259. The zero-order valence-electron chi connectivity index (χ0n) is 9.88. The number of rotatable bonds is 3. The molecule has 0 saturated carbocycles. The average molecular weight is 229 g/mol. The molecule has 0 atom stereocenters. The van der Waals surface area contributed by atoms with E-state index in [2.05, 4.69) is 20.3 Å². The molecule has 17 heavy (non-hydrogen) atoms. The SMILES string of the molecule is CC(C)Nc1cc(-c2cccnc2)nc(N)n1. The van der Waals surface area contributed by atoms with Crippen LogP contribution in [0.1, 0.15) is 13.8 Å². The molecule has 0 fully saturated rings. The predicted molar refractivity (Wildman–Crippen MR) is 68.4 cm³/mol. The summed E-state index contributed by atoms with van der Waals surface area (Å²) in [6.07, 6.45) is 3.47. The molecule has 0 spiro atoms. The summed E-state index contributed by atoms with van der Waals surface area (Å²) in [4.78, 5) is 12.4. The highest BCUT2D eigenvalue weighted by molar-refractivity contribution is 5.63. The molecule has 2 rings (SSSR count). The van der Waals surface area contributed by atoms with Crippen LogP contribution in [0.4, 0.5) is 11.8 Å². The van der Waals surface area contributed by atoms with Crippen LogP contribution in [0, 0.1) is 0 Å². The molecule has 0 aliphatic heterocycles. The highest BCUT2D eigenvalue weighted by Crippen LogP contribution is 2.19. The lowest BCUT2D eigenvalue weighted by Crippen LogP contribution is -2.12. The normalized spacial score (nSPS) is 10.5. The molecule has 0 saturated heterocycles. The first-order valence-electron chi connectivity index (χ1n) is 5.46. The molecule has 0 amide bonds. The maximum atomic E-state index is 5.69. The molecular weight excluding hydrogens is 214 g/mol. The standard InChI is InChI=1S/C12H15N5/c1-8(2)15-11-6-10(16-12(13)17-11)9-4-3-5-14-7-9/h3-8H,1-2H3,(H3,13,15,16,17). The van der Waals surface area contributed by atoms with E-state index in [9.17, 15) is 0 Å². The van der Waals surface area contributed by atoms with Crippen molar-refractivity contribution in [3.05, 3.63) is 30.6 Å². The monoisotopic (exact) mass is 229 g/mol. The minimum atomic E-state index is 0.259. The van der Waals surface area contributed by atoms with Crippen LogP contribution in [-0.2, 0) is 0 Å². The molecule has 3 N–H and O–H groups in total. The van der Waals surface area contributed by atoms with E-state index in [4.69, 9.17) is 5.73 Å². The van der Waals surface area contributed by atoms with Gasteiger partial charge in [-0.05, 0) is 26.0 Å². The van der Waals surface area contributed by atoms with Crippen LogP contribution in [0.5, 0.6) is 0 Å². The Morgan fingerprint density at radius 2 is 2.12 bits per heavy atom. The van der Waals surface area contributed by atoms with Gasteiger partial charge in [-0.25, -0.2) is 4.98 Å². The van der Waals surface area contributed by atoms with Gasteiger partial charge in [-0.3, -0.25) is 4.98 Å². The molecule has 2 aromatic rings. The van der Waals surface area contributed by atoms with Gasteiger partial charge >= 0.3 is 0 Å². The molecule has 0 unspecified atom stereocenters. The number of pyridine rings is 1. The Kier molecular flexibility index (Phi) is 3.18. The predicted octanol–water partition coefficient (Wildman–Crippen LogP) is 1.94. The van der Waals surface area contributed by atoms with Gasteiger partial charge in [-0.15, -0.1) is 0 Å². The van der Waals surface area contributed by atoms with E-state index in [0.717, 1.165) is 17.1 Å². The minimum Gasteiger partial charge on any atom is -0.368 e. The smallest absolute Gasteiger partial charge is 0.222 e. The summed E-state index contributed by atoms with van der Waals surface area (Å²) in [7, 11) is 0. The molecule has 5 nitrogen and oxygen atoms in total. The highest BCUT2D eigenvalue weighted by atomic mass is 15.1. The first-order valence-corrected chi connectivity index (χ1v) is 5.46. The molecule has 0 radical (unpaired) electrons. The fourth-order valence-corrected chi connectivity index (χ4v) is 1.50. The lowest BCUT2D eigenvalue weighted by Gasteiger charge is -2.10. The van der Waals surface area contributed by atoms with Gasteiger partial charge < -0.3 is 11.1 Å². The van der Waals surface area contributed by atoms with E-state index in [1.54, 1.807) is 12.4 Å². The lowest BCUT2D eigenvalue weighted by molar-refractivity contribution is 0.888. The number of nitrogens with two attached hydrogens (primary N) is 1. The number of nitrogen functional groups attached to an aromatic ring is 1. The van der Waals surface area contributed by atoms with Crippen molar-refractivity contribution in [2.45, 2.75) is 19.9 Å². The number of nitrogens with zero attached hydrogens (tertiary/aromatic N) is 3. The van der Waals surface area contributed by atoms with Crippen LogP contribution in [-0.4, -0.2) is 21.0 Å². The van der Waals surface area contributed by atoms with E-state index in [0.29, 0.717) is 6.04 Å². The molecule has 88 valence electrons. The van der Waals surface area contributed by atoms with E-state index >= 15 is 0 Å². The Hall–Kier alpha value is -2.17. The Morgan fingerprint density at radius 3 is 2.76 bits per heavy atom. The molecule has 2 aromatic heterocycles. The van der Waals surface area contributed by atoms with Crippen LogP contribution in [0.2, 0.25) is 0 Å². The van der Waals surface area contributed by atoms with Gasteiger partial charge in [-0.2, -0.15) is 4.98 Å². The summed E-state index contributed by atoms with van der Waals surface area (Å²) in [5.74, 6) is 0.987. The van der Waals surface area contributed by atoms with Gasteiger partial charge in [0, 0.05) is 30.1 Å². The number of anilines is 2. The molecular formula is C12H15N5. The van der Waals surface area contributed by atoms with Crippen molar-refractivity contribution in [1.82, 2.24) is 15.0 Å². The molecule has 2 heterocycles. The maximum Gasteiger partial charge on any atom is 0.222 e. The summed E-state index contributed by atoms with van der Waals surface area (Å²) >= 11 is 0. The lowest BCUT2D eigenvalue weighted by atomic mass is 10.2. The summed E-state index contributed by atoms with van der Waals surface area (Å²) in [5, 5.41) is 3.20. The first kappa shape index (κ1) is 11.3. The van der Waals surface area contributed by atoms with E-state index in [1.807, 2.05) is 32.0 Å². The summed E-state index contributed by atoms with van der Waals surface area (Å²) in [6, 6.07) is 5.97. The van der Waals surface area contributed by atoms with Crippen molar-refractivity contribution < 1.29 is 0 Å². The maximum absolute atomic E-state index is 5.69. The third-order valence-electron chi connectivity index (χ3n) is 2.14. The summed E-state index contributed by atoms with van der Waals surface area (Å²) in [6.45, 7) is 4.09. The number of nitrogens with one attached hydrogen (secondary N) is 1. The van der Waals surface area contributed by atoms with E-state index in [-0.39, 0.29) is 5.95 Å². The van der Waals surface area contributed by atoms with Crippen LogP contribution in [0.25, 0.3) is 11.3 Å². The highest BCUT2D eigenvalue weighted by Gasteiger charge is 2.05. The third-order valence-corrected chi connectivity index (χ3v) is 2.14. The molecule has 0 aliphatic carbocycles. The van der Waals surface area contributed by atoms with Gasteiger partial charge in [0.1, 0.15) is 5.82 Å². The summed E-state index contributed by atoms with van der Waals surface area (Å²) < 4.78 is 0. The zero-order chi connectivity index (χ0) is 12.3. The van der Waals surface area contributed by atoms with Gasteiger partial charge in [-0.1, -0.05) is 0 Å². The second-order valence-electron chi connectivity index (χ2n) is 4.04. The molecule has 0 aliphatic rings. The van der Waals surface area contributed by atoms with Gasteiger partial charge in [0.05, 0.1) is 5.69 Å². The average Bonchev–Trinajstić information content (AvgIpc) is 2.28. The van der Waals surface area contributed by atoms with Gasteiger partial charge in [0.25, 0.3) is 0 Å². The zero-order valence-corrected chi connectivity index (χ0v) is 9.88. The van der Waals surface area contributed by atoms with Crippen molar-refractivity contribution in [3.63, 3.8) is 0 Å². The van der Waals surface area contributed by atoms with Crippen molar-refractivity contribution in [1.29, 1.82) is 0 Å². The third kappa shape index (κ3) is 2.90. The largest absolute Gasteiger partial charge is 0.368 e. The Balaban J connectivity index is 2.38. The summed E-state index contributed by atoms with van der Waals surface area (Å²) in [5.41, 5.74) is 7.39. The van der Waals surface area contributed by atoms with Crippen molar-refractivity contribution in [2.75, 3.05) is 11.1 Å². The van der Waals surface area contributed by atoms with Crippen molar-refractivity contribution in [3.8, 4) is 11.3 Å². The van der Waals surface area contributed by atoms with Gasteiger partial charge in [0.2, 0.25) is 5.95 Å². The van der Waals surface area contributed by atoms with Crippen LogP contribution in [0.3, 0.4) is 0 Å². The Labute approximate surface area is 100 Å². The topological polar surface area (TPSA) is 76.7 Å². The van der Waals surface area contributed by atoms with Crippen molar-refractivity contribution in [2.24, 2.45) is 0 Å². The van der Waals surface area contributed by atoms with Crippen LogP contribution < -0.4 is 11.1 Å². The van der Waals surface area contributed by atoms with Crippen molar-refractivity contribution >= 4 is 11.8 Å². The molecule has 0 aromatic carbocycles. The fraction of sp³-hybridized carbons (Fsp3) is 0.250. The second-order valence-corrected chi connectivity index (χ2v) is 4.04.